The highest BCUT2D eigenvalue weighted by atomic mass is 16.5. The minimum absolute atomic E-state index is 0.476. The number of rotatable bonds is 6. The van der Waals surface area contributed by atoms with E-state index in [1.165, 1.54) is 19.3 Å². The largest absolute Gasteiger partial charge is 0.465 e. The highest BCUT2D eigenvalue weighted by Crippen LogP contribution is 2.16. The van der Waals surface area contributed by atoms with E-state index in [-0.39, 0.29) is 0 Å². The Balaban J connectivity index is 1.69. The van der Waals surface area contributed by atoms with Crippen LogP contribution in [0, 0.1) is 0 Å². The van der Waals surface area contributed by atoms with Crippen LogP contribution in [0.5, 0.6) is 0 Å². The molecule has 0 aromatic carbocycles. The topological polar surface area (TPSA) is 25.6 Å². The van der Waals surface area contributed by atoms with Crippen LogP contribution in [0.4, 0.5) is 0 Å². The standard InChI is InChI=1S/C15H25NO2/c1-3-13-7-8-15(18-13)12-16(2)10-9-14-6-4-5-11-17-14/h7-8,14H,3-6,9-12H2,1-2H3. The second-order valence-electron chi connectivity index (χ2n) is 5.24. The summed E-state index contributed by atoms with van der Waals surface area (Å²) in [6.45, 7) is 5.04. The van der Waals surface area contributed by atoms with Crippen LogP contribution in [0.1, 0.15) is 44.1 Å². The van der Waals surface area contributed by atoms with E-state index < -0.39 is 0 Å². The summed E-state index contributed by atoms with van der Waals surface area (Å²) in [4.78, 5) is 2.32. The van der Waals surface area contributed by atoms with Crippen LogP contribution in [-0.2, 0) is 17.7 Å². The molecule has 0 radical (unpaired) electrons. The first kappa shape index (κ1) is 13.6. The maximum Gasteiger partial charge on any atom is 0.118 e. The molecule has 0 aliphatic carbocycles. The summed E-state index contributed by atoms with van der Waals surface area (Å²) in [6.07, 6.45) is 6.38. The van der Waals surface area contributed by atoms with Crippen molar-refractivity contribution in [2.75, 3.05) is 20.2 Å². The molecular weight excluding hydrogens is 226 g/mol. The number of hydrogen-bond donors (Lipinski definition) is 0. The molecule has 102 valence electrons. The molecule has 1 aromatic rings. The van der Waals surface area contributed by atoms with Gasteiger partial charge in [-0.05, 0) is 44.9 Å². The zero-order valence-electron chi connectivity index (χ0n) is 11.7. The molecule has 1 unspecified atom stereocenters. The third-order valence-corrected chi connectivity index (χ3v) is 3.60. The smallest absolute Gasteiger partial charge is 0.118 e. The van der Waals surface area contributed by atoms with Crippen LogP contribution in [-0.4, -0.2) is 31.2 Å². The van der Waals surface area contributed by atoms with Crippen LogP contribution in [0.2, 0.25) is 0 Å². The maximum absolute atomic E-state index is 5.75. The third kappa shape index (κ3) is 4.14. The second kappa shape index (κ2) is 6.95. The van der Waals surface area contributed by atoms with Crippen LogP contribution < -0.4 is 0 Å². The van der Waals surface area contributed by atoms with Crippen molar-refractivity contribution >= 4 is 0 Å². The van der Waals surface area contributed by atoms with Gasteiger partial charge in [-0.15, -0.1) is 0 Å². The van der Waals surface area contributed by atoms with Gasteiger partial charge in [0.1, 0.15) is 11.5 Å². The molecule has 0 N–H and O–H groups in total. The molecule has 2 heterocycles. The number of aryl methyl sites for hydroxylation is 1. The summed E-state index contributed by atoms with van der Waals surface area (Å²) in [7, 11) is 2.15. The maximum atomic E-state index is 5.75. The molecule has 1 saturated heterocycles. The average molecular weight is 251 g/mol. The second-order valence-corrected chi connectivity index (χ2v) is 5.24. The third-order valence-electron chi connectivity index (χ3n) is 3.60. The molecule has 0 saturated carbocycles. The van der Waals surface area contributed by atoms with Crippen LogP contribution >= 0.6 is 0 Å². The molecule has 1 aliphatic rings. The van der Waals surface area contributed by atoms with Gasteiger partial charge in [0.05, 0.1) is 12.6 Å². The Morgan fingerprint density at radius 2 is 2.11 bits per heavy atom. The highest BCUT2D eigenvalue weighted by molar-refractivity contribution is 5.06. The lowest BCUT2D eigenvalue weighted by Crippen LogP contribution is -2.26. The van der Waals surface area contributed by atoms with E-state index >= 15 is 0 Å². The lowest BCUT2D eigenvalue weighted by atomic mass is 10.1. The van der Waals surface area contributed by atoms with Crippen molar-refractivity contribution in [3.63, 3.8) is 0 Å². The van der Waals surface area contributed by atoms with E-state index in [1.807, 2.05) is 0 Å². The predicted octanol–water partition coefficient (Wildman–Crippen LogP) is 3.23. The summed E-state index contributed by atoms with van der Waals surface area (Å²) in [5.41, 5.74) is 0. The predicted molar refractivity (Wildman–Crippen MR) is 72.6 cm³/mol. The summed E-state index contributed by atoms with van der Waals surface area (Å²) >= 11 is 0. The van der Waals surface area contributed by atoms with Crippen molar-refractivity contribution in [2.24, 2.45) is 0 Å². The van der Waals surface area contributed by atoms with Crippen molar-refractivity contribution in [1.82, 2.24) is 4.90 Å². The number of hydrogen-bond acceptors (Lipinski definition) is 3. The van der Waals surface area contributed by atoms with Gasteiger partial charge in [-0.25, -0.2) is 0 Å². The highest BCUT2D eigenvalue weighted by Gasteiger charge is 2.14. The Morgan fingerprint density at radius 3 is 2.78 bits per heavy atom. The van der Waals surface area contributed by atoms with Gasteiger partial charge >= 0.3 is 0 Å². The molecule has 1 aliphatic heterocycles. The average Bonchev–Trinajstić information content (AvgIpc) is 2.85. The van der Waals surface area contributed by atoms with Crippen molar-refractivity contribution in [2.45, 2.75) is 51.7 Å². The summed E-state index contributed by atoms with van der Waals surface area (Å²) < 4.78 is 11.5. The Bertz CT molecular complexity index is 342. The van der Waals surface area contributed by atoms with E-state index in [0.29, 0.717) is 6.10 Å². The van der Waals surface area contributed by atoms with Crippen LogP contribution in [0.25, 0.3) is 0 Å². The van der Waals surface area contributed by atoms with Gasteiger partial charge in [0, 0.05) is 19.6 Å². The Labute approximate surface area is 110 Å². The van der Waals surface area contributed by atoms with Crippen molar-refractivity contribution in [1.29, 1.82) is 0 Å². The molecule has 1 aromatic heterocycles. The van der Waals surface area contributed by atoms with Gasteiger partial charge in [-0.2, -0.15) is 0 Å². The molecule has 0 bridgehead atoms. The van der Waals surface area contributed by atoms with Gasteiger partial charge in [-0.3, -0.25) is 4.90 Å². The van der Waals surface area contributed by atoms with E-state index in [9.17, 15) is 0 Å². The van der Waals surface area contributed by atoms with E-state index in [1.54, 1.807) is 0 Å². The number of furan rings is 1. The zero-order valence-corrected chi connectivity index (χ0v) is 11.7. The molecule has 3 nitrogen and oxygen atoms in total. The molecule has 18 heavy (non-hydrogen) atoms. The van der Waals surface area contributed by atoms with Gasteiger partial charge in [0.2, 0.25) is 0 Å². The summed E-state index contributed by atoms with van der Waals surface area (Å²) in [6, 6.07) is 4.17. The molecule has 1 atom stereocenters. The monoisotopic (exact) mass is 251 g/mol. The molecular formula is C15H25NO2. The van der Waals surface area contributed by atoms with Crippen LogP contribution in [0.3, 0.4) is 0 Å². The Hall–Kier alpha value is -0.800. The minimum atomic E-state index is 0.476. The SMILES string of the molecule is CCc1ccc(CN(C)CCC2CCCCO2)o1. The molecule has 2 rings (SSSR count). The quantitative estimate of drug-likeness (QED) is 0.776. The van der Waals surface area contributed by atoms with Crippen molar-refractivity contribution < 1.29 is 9.15 Å². The summed E-state index contributed by atoms with van der Waals surface area (Å²) in [5.74, 6) is 2.15. The molecule has 3 heteroatoms. The fourth-order valence-corrected chi connectivity index (χ4v) is 2.44. The van der Waals surface area contributed by atoms with Crippen LogP contribution in [0.15, 0.2) is 16.5 Å². The van der Waals surface area contributed by atoms with E-state index in [4.69, 9.17) is 9.15 Å². The van der Waals surface area contributed by atoms with Gasteiger partial charge < -0.3 is 9.15 Å². The van der Waals surface area contributed by atoms with Crippen molar-refractivity contribution in [3.8, 4) is 0 Å². The lowest BCUT2D eigenvalue weighted by Gasteiger charge is -2.24. The summed E-state index contributed by atoms with van der Waals surface area (Å²) in [5, 5.41) is 0. The number of nitrogens with zero attached hydrogens (tertiary/aromatic N) is 1. The zero-order chi connectivity index (χ0) is 12.8. The normalized spacial score (nSPS) is 20.5. The fourth-order valence-electron chi connectivity index (χ4n) is 2.44. The van der Waals surface area contributed by atoms with Crippen molar-refractivity contribution in [3.05, 3.63) is 23.7 Å². The van der Waals surface area contributed by atoms with E-state index in [2.05, 4.69) is 31.0 Å². The minimum Gasteiger partial charge on any atom is -0.465 e. The first-order valence-electron chi connectivity index (χ1n) is 7.15. The molecule has 1 fully saturated rings. The molecule has 0 spiro atoms. The van der Waals surface area contributed by atoms with Gasteiger partial charge in [-0.1, -0.05) is 6.92 Å². The van der Waals surface area contributed by atoms with Gasteiger partial charge in [0.15, 0.2) is 0 Å². The first-order valence-corrected chi connectivity index (χ1v) is 7.15. The molecule has 0 amide bonds. The van der Waals surface area contributed by atoms with E-state index in [0.717, 1.165) is 44.1 Å². The fraction of sp³-hybridized carbons (Fsp3) is 0.733. The first-order chi connectivity index (χ1) is 8.78. The Kier molecular flexibility index (Phi) is 5.26. The van der Waals surface area contributed by atoms with Gasteiger partial charge in [0.25, 0.3) is 0 Å². The number of ether oxygens (including phenoxy) is 1. The lowest BCUT2D eigenvalue weighted by molar-refractivity contribution is 0.00614. The Morgan fingerprint density at radius 1 is 1.28 bits per heavy atom.